The van der Waals surface area contributed by atoms with E-state index >= 15 is 0 Å². The van der Waals surface area contributed by atoms with Crippen molar-refractivity contribution in [3.8, 4) is 5.88 Å². The van der Waals surface area contributed by atoms with E-state index in [1.54, 1.807) is 12.3 Å². The van der Waals surface area contributed by atoms with Crippen molar-refractivity contribution in [2.24, 2.45) is 16.5 Å². The molecule has 2 aromatic heterocycles. The lowest BCUT2D eigenvalue weighted by Gasteiger charge is -2.26. The normalized spacial score (nSPS) is 19.7. The van der Waals surface area contributed by atoms with E-state index in [1.165, 1.54) is 18.4 Å². The number of aliphatic imine (C=N–C) groups is 1. The van der Waals surface area contributed by atoms with Gasteiger partial charge in [-0.05, 0) is 50.3 Å². The number of anilines is 1. The van der Waals surface area contributed by atoms with Gasteiger partial charge in [0.15, 0.2) is 0 Å². The van der Waals surface area contributed by atoms with Crippen molar-refractivity contribution in [2.45, 2.75) is 44.8 Å². The van der Waals surface area contributed by atoms with Gasteiger partial charge in [0.2, 0.25) is 5.88 Å². The molecule has 1 fully saturated rings. The Kier molecular flexibility index (Phi) is 7.30. The maximum Gasteiger partial charge on any atom is 0.348 e. The molecule has 2 heterocycles. The fourth-order valence-electron chi connectivity index (χ4n) is 3.28. The molecule has 1 aliphatic carbocycles. The molecular formula is C19H24IN5O3S. The molecule has 10 heteroatoms. The van der Waals surface area contributed by atoms with Gasteiger partial charge in [0, 0.05) is 12.2 Å². The monoisotopic (exact) mass is 529 g/mol. The molecule has 29 heavy (non-hydrogen) atoms. The number of thiophene rings is 1. The number of methoxy groups -OCH3 is 1. The second-order valence-electron chi connectivity index (χ2n) is 6.83. The van der Waals surface area contributed by atoms with Crippen LogP contribution in [0.3, 0.4) is 0 Å². The smallest absolute Gasteiger partial charge is 0.348 e. The molecular weight excluding hydrogens is 505 g/mol. The molecule has 156 valence electrons. The van der Waals surface area contributed by atoms with Gasteiger partial charge in [0.25, 0.3) is 0 Å². The Morgan fingerprint density at radius 3 is 2.76 bits per heavy atom. The minimum absolute atomic E-state index is 0.0697. The van der Waals surface area contributed by atoms with Gasteiger partial charge in [-0.2, -0.15) is 0 Å². The standard InChI is InChI=1S/C19H24IN5O3S/c1-10-14(18(25-20)29-15(10)19(26)27-2)16(22)24-13-4-3-9-23-17(13)28-12-7-5-11(21)6-8-12/h3-4,9,11-12,25H,5-8,21H2,1-2H3,(H2,22,24). The van der Waals surface area contributed by atoms with E-state index in [-0.39, 0.29) is 18.0 Å². The van der Waals surface area contributed by atoms with Gasteiger partial charge in [-0.1, -0.05) is 0 Å². The highest BCUT2D eigenvalue weighted by atomic mass is 127. The number of halogens is 1. The molecule has 1 aliphatic rings. The summed E-state index contributed by atoms with van der Waals surface area (Å²) in [7, 11) is 1.35. The van der Waals surface area contributed by atoms with E-state index in [0.29, 0.717) is 22.0 Å². The summed E-state index contributed by atoms with van der Waals surface area (Å²) in [6.07, 6.45) is 5.40. The SMILES string of the molecule is COC(=O)c1sc(NI)c(C(N)=Nc2cccnc2OC2CCC(N)CC2)c1C. The van der Waals surface area contributed by atoms with Crippen molar-refractivity contribution in [1.82, 2.24) is 4.98 Å². The molecule has 2 aromatic rings. The van der Waals surface area contributed by atoms with Crippen LogP contribution in [0.4, 0.5) is 10.7 Å². The maximum atomic E-state index is 12.0. The van der Waals surface area contributed by atoms with Crippen LogP contribution in [0.15, 0.2) is 23.3 Å². The second-order valence-corrected chi connectivity index (χ2v) is 8.39. The third kappa shape index (κ3) is 4.98. The Balaban J connectivity index is 1.91. The van der Waals surface area contributed by atoms with E-state index in [9.17, 15) is 4.79 Å². The number of carbonyl (C=O) groups excluding carboxylic acids is 1. The van der Waals surface area contributed by atoms with Gasteiger partial charge in [-0.25, -0.2) is 14.8 Å². The quantitative estimate of drug-likeness (QED) is 0.171. The summed E-state index contributed by atoms with van der Waals surface area (Å²) >= 11 is 3.28. The molecule has 8 nitrogen and oxygen atoms in total. The molecule has 0 amide bonds. The predicted octanol–water partition coefficient (Wildman–Crippen LogP) is 3.69. The second kappa shape index (κ2) is 9.72. The number of pyridine rings is 1. The Morgan fingerprint density at radius 2 is 2.10 bits per heavy atom. The van der Waals surface area contributed by atoms with E-state index in [0.717, 1.165) is 36.2 Å². The highest BCUT2D eigenvalue weighted by molar-refractivity contribution is 14.1. The Hall–Kier alpha value is -1.92. The number of nitrogens with zero attached hydrogens (tertiary/aromatic N) is 2. The Morgan fingerprint density at radius 1 is 1.38 bits per heavy atom. The van der Waals surface area contributed by atoms with Crippen LogP contribution in [-0.2, 0) is 4.74 Å². The zero-order chi connectivity index (χ0) is 21.0. The lowest BCUT2D eigenvalue weighted by atomic mass is 9.94. The number of carbonyl (C=O) groups is 1. The maximum absolute atomic E-state index is 12.0. The zero-order valence-electron chi connectivity index (χ0n) is 16.3. The number of aromatic nitrogens is 1. The van der Waals surface area contributed by atoms with E-state index in [1.807, 2.05) is 35.9 Å². The molecule has 3 rings (SSSR count). The predicted molar refractivity (Wildman–Crippen MR) is 124 cm³/mol. The molecule has 0 aromatic carbocycles. The summed E-state index contributed by atoms with van der Waals surface area (Å²) in [5.74, 6) is 0.318. The Bertz CT molecular complexity index is 909. The van der Waals surface area contributed by atoms with Gasteiger partial charge in [-0.15, -0.1) is 11.3 Å². The van der Waals surface area contributed by atoms with Crippen molar-refractivity contribution in [3.63, 3.8) is 0 Å². The summed E-state index contributed by atoms with van der Waals surface area (Å²) in [6.45, 7) is 1.82. The molecule has 0 radical (unpaired) electrons. The number of amidine groups is 1. The van der Waals surface area contributed by atoms with Crippen molar-refractivity contribution in [3.05, 3.63) is 34.3 Å². The molecule has 0 bridgehead atoms. The Labute approximate surface area is 187 Å². The van der Waals surface area contributed by atoms with Crippen molar-refractivity contribution >= 4 is 56.7 Å². The molecule has 0 atom stereocenters. The highest BCUT2D eigenvalue weighted by Crippen LogP contribution is 2.36. The fourth-order valence-corrected chi connectivity index (χ4v) is 4.91. The van der Waals surface area contributed by atoms with Gasteiger partial charge in [0.1, 0.15) is 27.5 Å². The highest BCUT2D eigenvalue weighted by Gasteiger charge is 2.24. The summed E-state index contributed by atoms with van der Waals surface area (Å²) in [4.78, 5) is 21.4. The zero-order valence-corrected chi connectivity index (χ0v) is 19.2. The number of rotatable bonds is 6. The number of nitrogens with one attached hydrogen (secondary N) is 1. The summed E-state index contributed by atoms with van der Waals surface area (Å²) in [5, 5.41) is 0.734. The molecule has 5 N–H and O–H groups in total. The van der Waals surface area contributed by atoms with Crippen LogP contribution >= 0.6 is 34.2 Å². The third-order valence-corrected chi connectivity index (χ3v) is 6.94. The lowest BCUT2D eigenvalue weighted by Crippen LogP contribution is -2.31. The van der Waals surface area contributed by atoms with Gasteiger partial charge in [-0.3, -0.25) is 0 Å². The van der Waals surface area contributed by atoms with Crippen molar-refractivity contribution in [1.29, 1.82) is 0 Å². The van der Waals surface area contributed by atoms with Gasteiger partial charge < -0.3 is 24.5 Å². The largest absolute Gasteiger partial charge is 0.473 e. The van der Waals surface area contributed by atoms with E-state index in [4.69, 9.17) is 20.9 Å². The van der Waals surface area contributed by atoms with Crippen LogP contribution in [0.5, 0.6) is 5.88 Å². The van der Waals surface area contributed by atoms with Crippen LogP contribution in [-0.4, -0.2) is 36.0 Å². The summed E-state index contributed by atoms with van der Waals surface area (Å²) in [5.41, 5.74) is 14.3. The molecule has 0 saturated heterocycles. The molecule has 0 spiro atoms. The number of ether oxygens (including phenoxy) is 2. The number of hydrogen-bond donors (Lipinski definition) is 3. The first-order valence-corrected chi connectivity index (χ1v) is 11.1. The molecule has 0 unspecified atom stereocenters. The first-order valence-electron chi connectivity index (χ1n) is 9.24. The first kappa shape index (κ1) is 21.8. The molecule has 1 saturated carbocycles. The summed E-state index contributed by atoms with van der Waals surface area (Å²) in [6, 6.07) is 3.84. The van der Waals surface area contributed by atoms with Crippen LogP contribution in [0.1, 0.15) is 46.5 Å². The van der Waals surface area contributed by atoms with Crippen molar-refractivity contribution < 1.29 is 14.3 Å². The van der Waals surface area contributed by atoms with E-state index in [2.05, 4.69) is 13.5 Å². The molecule has 0 aliphatic heterocycles. The lowest BCUT2D eigenvalue weighted by molar-refractivity contribution is 0.0605. The third-order valence-electron chi connectivity index (χ3n) is 4.85. The van der Waals surface area contributed by atoms with Crippen LogP contribution in [0, 0.1) is 6.92 Å². The number of hydrogen-bond acceptors (Lipinski definition) is 8. The summed E-state index contributed by atoms with van der Waals surface area (Å²) < 4.78 is 14.0. The van der Waals surface area contributed by atoms with Crippen LogP contribution < -0.4 is 19.7 Å². The first-order chi connectivity index (χ1) is 13.9. The average Bonchev–Trinajstić information content (AvgIpc) is 3.07. The van der Waals surface area contributed by atoms with E-state index < -0.39 is 5.97 Å². The minimum atomic E-state index is -0.402. The number of nitrogens with two attached hydrogens (primary N) is 2. The van der Waals surface area contributed by atoms with Gasteiger partial charge in [0.05, 0.1) is 35.5 Å². The van der Waals surface area contributed by atoms with Gasteiger partial charge >= 0.3 is 5.97 Å². The van der Waals surface area contributed by atoms with Crippen LogP contribution in [0.2, 0.25) is 0 Å². The average molecular weight is 529 g/mol. The van der Waals surface area contributed by atoms with Crippen LogP contribution in [0.25, 0.3) is 0 Å². The topological polar surface area (TPSA) is 125 Å². The minimum Gasteiger partial charge on any atom is -0.473 e. The fraction of sp³-hybridized carbons (Fsp3) is 0.421. The van der Waals surface area contributed by atoms with Crippen molar-refractivity contribution in [2.75, 3.05) is 10.6 Å². The number of esters is 1.